The molecule has 0 bridgehead atoms. The number of benzene rings is 1. The van der Waals surface area contributed by atoms with E-state index >= 15 is 0 Å². The van der Waals surface area contributed by atoms with E-state index in [1.807, 2.05) is 11.4 Å². The van der Waals surface area contributed by atoms with Gasteiger partial charge in [-0.05, 0) is 51.7 Å². The van der Waals surface area contributed by atoms with Crippen molar-refractivity contribution in [2.24, 2.45) is 0 Å². The maximum Gasteiger partial charge on any atom is 0.0421 e. The van der Waals surface area contributed by atoms with Gasteiger partial charge in [0.2, 0.25) is 0 Å². The molecule has 2 heteroatoms. The summed E-state index contributed by atoms with van der Waals surface area (Å²) in [4.78, 5) is 1.21. The Morgan fingerprint density at radius 1 is 1.17 bits per heavy atom. The maximum atomic E-state index is 3.19. The zero-order chi connectivity index (χ0) is 8.39. The molecule has 0 spiro atoms. The molecule has 0 saturated carbocycles. The van der Waals surface area contributed by atoms with Crippen LogP contribution in [0.25, 0.3) is 10.4 Å². The van der Waals surface area contributed by atoms with E-state index < -0.39 is 0 Å². The van der Waals surface area contributed by atoms with Crippen LogP contribution in [0.4, 0.5) is 0 Å². The van der Waals surface area contributed by atoms with Gasteiger partial charge in [-0.2, -0.15) is 0 Å². The highest BCUT2D eigenvalue weighted by atomic mass is 127. The van der Waals surface area contributed by atoms with E-state index in [2.05, 4.69) is 52.9 Å². The Morgan fingerprint density at radius 2 is 1.92 bits per heavy atom. The van der Waals surface area contributed by atoms with Crippen molar-refractivity contribution in [3.05, 3.63) is 45.3 Å². The minimum absolute atomic E-state index is 1.21. The number of hydrogen-bond donors (Lipinski definition) is 0. The van der Waals surface area contributed by atoms with Gasteiger partial charge in [-0.15, -0.1) is 11.3 Å². The Morgan fingerprint density at radius 3 is 2.50 bits per heavy atom. The molecular formula is C10H6IS. The summed E-state index contributed by atoms with van der Waals surface area (Å²) < 4.78 is 1.27. The molecule has 0 fully saturated rings. The van der Waals surface area contributed by atoms with Crippen LogP contribution in [0.2, 0.25) is 0 Å². The van der Waals surface area contributed by atoms with E-state index in [0.29, 0.717) is 0 Å². The van der Waals surface area contributed by atoms with Crippen molar-refractivity contribution in [3.8, 4) is 10.4 Å². The first-order valence-corrected chi connectivity index (χ1v) is 5.53. The molecule has 0 atom stereocenters. The average molecular weight is 285 g/mol. The minimum Gasteiger partial charge on any atom is -0.143 e. The van der Waals surface area contributed by atoms with Gasteiger partial charge in [0.15, 0.2) is 0 Å². The Bertz CT molecular complexity index is 348. The SMILES string of the molecule is Ic1ccc(-c2[c]ccs2)cc1. The summed E-state index contributed by atoms with van der Waals surface area (Å²) in [6.45, 7) is 0. The third-order valence-electron chi connectivity index (χ3n) is 1.57. The van der Waals surface area contributed by atoms with Gasteiger partial charge >= 0.3 is 0 Å². The summed E-state index contributed by atoms with van der Waals surface area (Å²) in [7, 11) is 0. The quantitative estimate of drug-likeness (QED) is 0.699. The highest BCUT2D eigenvalue weighted by molar-refractivity contribution is 14.1. The van der Waals surface area contributed by atoms with Gasteiger partial charge in [-0.25, -0.2) is 0 Å². The lowest BCUT2D eigenvalue weighted by molar-refractivity contribution is 1.64. The first-order valence-electron chi connectivity index (χ1n) is 3.57. The molecule has 1 heterocycles. The molecule has 1 aromatic carbocycles. The Labute approximate surface area is 89.4 Å². The number of rotatable bonds is 1. The lowest BCUT2D eigenvalue weighted by Gasteiger charge is -1.95. The second-order valence-electron chi connectivity index (χ2n) is 2.40. The zero-order valence-corrected chi connectivity index (χ0v) is 9.22. The minimum atomic E-state index is 1.21. The molecule has 0 N–H and O–H groups in total. The molecule has 12 heavy (non-hydrogen) atoms. The van der Waals surface area contributed by atoms with Gasteiger partial charge in [-0.3, -0.25) is 0 Å². The Balaban J connectivity index is 2.43. The fourth-order valence-electron chi connectivity index (χ4n) is 0.998. The second kappa shape index (κ2) is 3.58. The van der Waals surface area contributed by atoms with Crippen LogP contribution < -0.4 is 0 Å². The molecule has 1 aromatic heterocycles. The summed E-state index contributed by atoms with van der Waals surface area (Å²) in [6, 6.07) is 13.6. The molecule has 0 aliphatic heterocycles. The predicted molar refractivity (Wildman–Crippen MR) is 61.3 cm³/mol. The van der Waals surface area contributed by atoms with Crippen molar-refractivity contribution in [1.29, 1.82) is 0 Å². The van der Waals surface area contributed by atoms with Gasteiger partial charge in [0.05, 0.1) is 0 Å². The van der Waals surface area contributed by atoms with E-state index in [9.17, 15) is 0 Å². The molecule has 0 unspecified atom stereocenters. The third kappa shape index (κ3) is 1.69. The highest BCUT2D eigenvalue weighted by Crippen LogP contribution is 2.24. The zero-order valence-electron chi connectivity index (χ0n) is 6.25. The van der Waals surface area contributed by atoms with E-state index in [-0.39, 0.29) is 0 Å². The van der Waals surface area contributed by atoms with Gasteiger partial charge < -0.3 is 0 Å². The van der Waals surface area contributed by atoms with Crippen molar-refractivity contribution in [1.82, 2.24) is 0 Å². The van der Waals surface area contributed by atoms with Crippen molar-refractivity contribution >= 4 is 33.9 Å². The summed E-state index contributed by atoms with van der Waals surface area (Å²) in [5.41, 5.74) is 1.26. The summed E-state index contributed by atoms with van der Waals surface area (Å²) in [6.07, 6.45) is 0. The second-order valence-corrected chi connectivity index (χ2v) is 4.56. The average Bonchev–Trinajstić information content (AvgIpc) is 2.58. The Kier molecular flexibility index (Phi) is 2.46. The van der Waals surface area contributed by atoms with E-state index in [4.69, 9.17) is 0 Å². The van der Waals surface area contributed by atoms with Gasteiger partial charge in [-0.1, -0.05) is 12.1 Å². The molecular weight excluding hydrogens is 279 g/mol. The maximum absolute atomic E-state index is 3.19. The van der Waals surface area contributed by atoms with E-state index in [1.165, 1.54) is 14.0 Å². The molecule has 2 aromatic rings. The molecule has 0 aliphatic carbocycles. The van der Waals surface area contributed by atoms with Crippen LogP contribution in [-0.4, -0.2) is 0 Å². The smallest absolute Gasteiger partial charge is 0.0421 e. The van der Waals surface area contributed by atoms with Gasteiger partial charge in [0, 0.05) is 14.5 Å². The normalized spacial score (nSPS) is 10.1. The van der Waals surface area contributed by atoms with Crippen molar-refractivity contribution < 1.29 is 0 Å². The van der Waals surface area contributed by atoms with Crippen molar-refractivity contribution in [2.45, 2.75) is 0 Å². The highest BCUT2D eigenvalue weighted by Gasteiger charge is 1.96. The topological polar surface area (TPSA) is 0 Å². The van der Waals surface area contributed by atoms with E-state index in [0.717, 1.165) is 0 Å². The van der Waals surface area contributed by atoms with Crippen molar-refractivity contribution in [3.63, 3.8) is 0 Å². The summed E-state index contributed by atoms with van der Waals surface area (Å²) in [5, 5.41) is 2.05. The van der Waals surface area contributed by atoms with Crippen molar-refractivity contribution in [2.75, 3.05) is 0 Å². The van der Waals surface area contributed by atoms with Crippen LogP contribution in [0, 0.1) is 9.64 Å². The Hall–Kier alpha value is -0.350. The lowest BCUT2D eigenvalue weighted by Crippen LogP contribution is -1.72. The molecule has 2 rings (SSSR count). The fraction of sp³-hybridized carbons (Fsp3) is 0. The predicted octanol–water partition coefficient (Wildman–Crippen LogP) is 3.82. The summed E-state index contributed by atoms with van der Waals surface area (Å²) >= 11 is 4.03. The summed E-state index contributed by atoms with van der Waals surface area (Å²) in [5.74, 6) is 0. The van der Waals surface area contributed by atoms with Crippen LogP contribution in [0.5, 0.6) is 0 Å². The van der Waals surface area contributed by atoms with Crippen LogP contribution in [-0.2, 0) is 0 Å². The lowest BCUT2D eigenvalue weighted by atomic mass is 10.2. The van der Waals surface area contributed by atoms with Gasteiger partial charge in [0.1, 0.15) is 0 Å². The van der Waals surface area contributed by atoms with Crippen LogP contribution in [0.3, 0.4) is 0 Å². The molecule has 0 saturated heterocycles. The molecule has 1 radical (unpaired) electrons. The number of hydrogen-bond acceptors (Lipinski definition) is 1. The van der Waals surface area contributed by atoms with Crippen LogP contribution in [0.15, 0.2) is 35.7 Å². The monoisotopic (exact) mass is 285 g/mol. The molecule has 0 aliphatic rings. The van der Waals surface area contributed by atoms with E-state index in [1.54, 1.807) is 11.3 Å². The number of halogens is 1. The molecule has 0 amide bonds. The van der Waals surface area contributed by atoms with Crippen LogP contribution in [0.1, 0.15) is 0 Å². The fourth-order valence-corrected chi connectivity index (χ4v) is 2.04. The van der Waals surface area contributed by atoms with Crippen LogP contribution >= 0.6 is 33.9 Å². The standard InChI is InChI=1S/C10H6IS/c11-9-5-3-8(4-6-9)10-2-1-7-12-10/h1,3-7H. The molecule has 59 valence electrons. The third-order valence-corrected chi connectivity index (χ3v) is 3.16. The number of thiophene rings is 1. The largest absolute Gasteiger partial charge is 0.143 e. The van der Waals surface area contributed by atoms with Gasteiger partial charge in [0.25, 0.3) is 0 Å². The molecule has 0 nitrogen and oxygen atoms in total. The first kappa shape index (κ1) is 8.26. The first-order chi connectivity index (χ1) is 5.86.